The number of pyridine rings is 2. The maximum absolute atomic E-state index is 12.6. The molecular formula is C28H27N7O2. The fourth-order valence-electron chi connectivity index (χ4n) is 3.80. The van der Waals surface area contributed by atoms with Crippen LogP contribution in [0.3, 0.4) is 0 Å². The summed E-state index contributed by atoms with van der Waals surface area (Å²) >= 11 is 0. The molecule has 2 amide bonds. The summed E-state index contributed by atoms with van der Waals surface area (Å²) in [5, 5.41) is 14.1. The first-order valence-corrected chi connectivity index (χ1v) is 11.8. The normalized spacial score (nSPS) is 11.4. The molecule has 9 heteroatoms. The molecule has 1 aromatic carbocycles. The topological polar surface area (TPSA) is 111 Å². The maximum atomic E-state index is 12.6. The quantitative estimate of drug-likeness (QED) is 0.300. The smallest absolute Gasteiger partial charge is 0.324 e. The number of hydrogen-bond donors (Lipinski definition) is 2. The largest absolute Gasteiger partial charge is 0.359 e. The molecule has 9 nitrogen and oxygen atoms in total. The van der Waals surface area contributed by atoms with Gasteiger partial charge >= 0.3 is 6.03 Å². The van der Waals surface area contributed by atoms with E-state index in [4.69, 9.17) is 4.52 Å². The molecule has 0 aliphatic carbocycles. The van der Waals surface area contributed by atoms with Crippen LogP contribution in [0, 0.1) is 6.92 Å². The summed E-state index contributed by atoms with van der Waals surface area (Å²) in [4.78, 5) is 21.1. The van der Waals surface area contributed by atoms with Gasteiger partial charge in [0.05, 0.1) is 11.9 Å². The van der Waals surface area contributed by atoms with E-state index in [1.54, 1.807) is 29.3 Å². The molecule has 2 N–H and O–H groups in total. The summed E-state index contributed by atoms with van der Waals surface area (Å²) in [6.07, 6.45) is 10.9. The Bertz CT molecular complexity index is 1550. The molecule has 0 unspecified atom stereocenters. The van der Waals surface area contributed by atoms with Crippen molar-refractivity contribution in [1.82, 2.24) is 24.9 Å². The summed E-state index contributed by atoms with van der Waals surface area (Å²) in [7, 11) is 0. The van der Waals surface area contributed by atoms with Gasteiger partial charge in [0.1, 0.15) is 5.76 Å². The van der Waals surface area contributed by atoms with Crippen LogP contribution in [0.5, 0.6) is 0 Å². The lowest BCUT2D eigenvalue weighted by molar-refractivity contribution is 0.262. The number of aryl methyl sites for hydroxylation is 1. The molecule has 5 rings (SSSR count). The molecule has 37 heavy (non-hydrogen) atoms. The van der Waals surface area contributed by atoms with Gasteiger partial charge in [-0.3, -0.25) is 15.3 Å². The van der Waals surface area contributed by atoms with Crippen LogP contribution in [0.4, 0.5) is 16.3 Å². The van der Waals surface area contributed by atoms with Crippen molar-refractivity contribution in [2.24, 2.45) is 0 Å². The van der Waals surface area contributed by atoms with Crippen molar-refractivity contribution >= 4 is 17.5 Å². The second kappa shape index (κ2) is 9.69. The molecule has 0 saturated heterocycles. The minimum atomic E-state index is -0.413. The van der Waals surface area contributed by atoms with Crippen LogP contribution in [-0.2, 0) is 5.41 Å². The summed E-state index contributed by atoms with van der Waals surface area (Å²) in [6.45, 7) is 8.04. The van der Waals surface area contributed by atoms with Gasteiger partial charge in [0.25, 0.3) is 0 Å². The molecule has 0 spiro atoms. The number of nitrogens with one attached hydrogen (secondary N) is 2. The van der Waals surface area contributed by atoms with Gasteiger partial charge in [0.2, 0.25) is 0 Å². The molecule has 0 bridgehead atoms. The number of nitrogens with zero attached hydrogens (tertiary/aromatic N) is 5. The van der Waals surface area contributed by atoms with E-state index in [-0.39, 0.29) is 5.41 Å². The summed E-state index contributed by atoms with van der Waals surface area (Å²) in [5.74, 6) is 1.05. The van der Waals surface area contributed by atoms with Gasteiger partial charge in [-0.25, -0.2) is 9.48 Å². The van der Waals surface area contributed by atoms with Crippen molar-refractivity contribution in [3.8, 4) is 27.9 Å². The van der Waals surface area contributed by atoms with E-state index in [2.05, 4.69) is 36.9 Å². The lowest BCUT2D eigenvalue weighted by atomic mass is 9.93. The van der Waals surface area contributed by atoms with Gasteiger partial charge in [0.15, 0.2) is 5.82 Å². The number of aromatic nitrogens is 5. The zero-order valence-electron chi connectivity index (χ0n) is 21.1. The van der Waals surface area contributed by atoms with E-state index in [1.165, 1.54) is 0 Å². The lowest BCUT2D eigenvalue weighted by Gasteiger charge is -2.12. The van der Waals surface area contributed by atoms with Gasteiger partial charge in [-0.1, -0.05) is 32.0 Å². The predicted octanol–water partition coefficient (Wildman–Crippen LogP) is 6.23. The summed E-state index contributed by atoms with van der Waals surface area (Å²) < 4.78 is 7.12. The molecule has 0 atom stereocenters. The average molecular weight is 494 g/mol. The molecule has 0 fully saturated rings. The third-order valence-corrected chi connectivity index (χ3v) is 5.87. The van der Waals surface area contributed by atoms with Crippen molar-refractivity contribution in [3.05, 3.63) is 91.0 Å². The number of urea groups is 1. The summed E-state index contributed by atoms with van der Waals surface area (Å²) in [6, 6.07) is 12.9. The Kier molecular flexibility index (Phi) is 6.27. The first-order valence-electron chi connectivity index (χ1n) is 11.8. The van der Waals surface area contributed by atoms with Crippen molar-refractivity contribution in [2.75, 3.05) is 10.6 Å². The number of anilines is 2. The van der Waals surface area contributed by atoms with E-state index in [0.29, 0.717) is 17.3 Å². The highest BCUT2D eigenvalue weighted by Gasteiger charge is 2.20. The molecule has 4 heterocycles. The monoisotopic (exact) mass is 493 g/mol. The zero-order valence-corrected chi connectivity index (χ0v) is 21.1. The van der Waals surface area contributed by atoms with Crippen LogP contribution < -0.4 is 10.6 Å². The number of carbonyl (C=O) groups excluding carboxylic acids is 1. The number of benzene rings is 1. The van der Waals surface area contributed by atoms with Crippen molar-refractivity contribution in [1.29, 1.82) is 0 Å². The number of amides is 2. The Morgan fingerprint density at radius 3 is 2.35 bits per heavy atom. The Labute approximate surface area is 214 Å². The standard InChI is InChI=1S/C28H27N7O2/c1-18-5-6-23(32-27(36)33-26-13-25(37-34-26)28(2,3)4)12-24(18)35-17-22(16-31-35)21-11-20(14-30-15-21)19-7-9-29-10-8-19/h5-17H,1-4H3,(H2,32,33,34,36). The number of carbonyl (C=O) groups is 1. The summed E-state index contributed by atoms with van der Waals surface area (Å²) in [5.41, 5.74) is 6.21. The van der Waals surface area contributed by atoms with Crippen molar-refractivity contribution in [3.63, 3.8) is 0 Å². The van der Waals surface area contributed by atoms with E-state index in [1.807, 2.05) is 76.6 Å². The molecule has 0 radical (unpaired) electrons. The molecule has 186 valence electrons. The van der Waals surface area contributed by atoms with Crippen molar-refractivity contribution in [2.45, 2.75) is 33.1 Å². The number of hydrogen-bond acceptors (Lipinski definition) is 6. The SMILES string of the molecule is Cc1ccc(NC(=O)Nc2cc(C(C)(C)C)on2)cc1-n1cc(-c2cncc(-c3ccncc3)c2)cn1. The first kappa shape index (κ1) is 23.9. The van der Waals surface area contributed by atoms with Crippen molar-refractivity contribution < 1.29 is 9.32 Å². The third kappa shape index (κ3) is 5.40. The molecule has 5 aromatic rings. The second-order valence-corrected chi connectivity index (χ2v) is 9.78. The van der Waals surface area contributed by atoms with E-state index in [0.717, 1.165) is 33.5 Å². The molecule has 0 saturated carbocycles. The fourth-order valence-corrected chi connectivity index (χ4v) is 3.80. The highest BCUT2D eigenvalue weighted by Crippen LogP contribution is 2.27. The zero-order chi connectivity index (χ0) is 26.0. The van der Waals surface area contributed by atoms with Crippen LogP contribution >= 0.6 is 0 Å². The molecule has 0 aliphatic rings. The first-order chi connectivity index (χ1) is 17.8. The Morgan fingerprint density at radius 2 is 1.62 bits per heavy atom. The molecule has 4 aromatic heterocycles. The average Bonchev–Trinajstić information content (AvgIpc) is 3.56. The number of rotatable bonds is 5. The fraction of sp³-hybridized carbons (Fsp3) is 0.179. The Morgan fingerprint density at radius 1 is 0.865 bits per heavy atom. The van der Waals surface area contributed by atoms with Crippen LogP contribution in [0.1, 0.15) is 32.1 Å². The maximum Gasteiger partial charge on any atom is 0.324 e. The Balaban J connectivity index is 1.33. The second-order valence-electron chi connectivity index (χ2n) is 9.78. The van der Waals surface area contributed by atoms with Crippen LogP contribution in [0.2, 0.25) is 0 Å². The minimum absolute atomic E-state index is 0.200. The minimum Gasteiger partial charge on any atom is -0.359 e. The highest BCUT2D eigenvalue weighted by molar-refractivity contribution is 5.99. The van der Waals surface area contributed by atoms with Gasteiger partial charge in [-0.2, -0.15) is 5.10 Å². The van der Waals surface area contributed by atoms with E-state index in [9.17, 15) is 4.79 Å². The third-order valence-electron chi connectivity index (χ3n) is 5.87. The predicted molar refractivity (Wildman–Crippen MR) is 143 cm³/mol. The van der Waals surface area contributed by atoms with Crippen LogP contribution in [-0.4, -0.2) is 30.9 Å². The highest BCUT2D eigenvalue weighted by atomic mass is 16.5. The lowest BCUT2D eigenvalue weighted by Crippen LogP contribution is -2.19. The van der Waals surface area contributed by atoms with Crippen LogP contribution in [0.25, 0.3) is 27.9 Å². The molecule has 0 aliphatic heterocycles. The van der Waals surface area contributed by atoms with E-state index < -0.39 is 6.03 Å². The molecular weight excluding hydrogens is 466 g/mol. The van der Waals surface area contributed by atoms with E-state index >= 15 is 0 Å². The van der Waals surface area contributed by atoms with Crippen LogP contribution in [0.15, 0.2) is 84.2 Å². The van der Waals surface area contributed by atoms with Gasteiger partial charge in [-0.15, -0.1) is 0 Å². The Hall–Kier alpha value is -4.79. The van der Waals surface area contributed by atoms with Gasteiger partial charge in [-0.05, 0) is 48.4 Å². The van der Waals surface area contributed by atoms with Gasteiger partial charge < -0.3 is 9.84 Å². The van der Waals surface area contributed by atoms with Gasteiger partial charge in [0, 0.05) is 64.8 Å².